The lowest BCUT2D eigenvalue weighted by Gasteiger charge is -1.86. The molecule has 58 valence electrons. The van der Waals surface area contributed by atoms with Gasteiger partial charge in [-0.1, -0.05) is 0 Å². The van der Waals surface area contributed by atoms with E-state index in [0.29, 0.717) is 5.65 Å². The maximum absolute atomic E-state index is 4.92. The normalized spacial score (nSPS) is 11.3. The molecule has 0 atom stereocenters. The van der Waals surface area contributed by atoms with E-state index < -0.39 is 0 Å². The molecule has 0 aromatic carbocycles. The molecule has 0 bridgehead atoms. The molecule has 3 heterocycles. The molecule has 0 aliphatic rings. The molecule has 3 aromatic heterocycles. The Hall–Kier alpha value is -1.91. The van der Waals surface area contributed by atoms with E-state index in [1.165, 1.54) is 0 Å². The highest BCUT2D eigenvalue weighted by molar-refractivity contribution is 6.00. The largest absolute Gasteiger partial charge is 0.389 e. The smallest absolute Gasteiger partial charge is 0.185 e. The van der Waals surface area contributed by atoms with Crippen LogP contribution in [0.5, 0.6) is 0 Å². The molecular formula is C7H4N4O. The number of aromatic amines is 1. The van der Waals surface area contributed by atoms with Crippen LogP contribution in [0, 0.1) is 0 Å². The number of rotatable bonds is 0. The quantitative estimate of drug-likeness (QED) is 0.534. The first-order chi connectivity index (χ1) is 5.95. The molecule has 0 radical (unpaired) electrons. The molecule has 0 aliphatic heterocycles. The Morgan fingerprint density at radius 2 is 2.33 bits per heavy atom. The molecule has 12 heavy (non-hydrogen) atoms. The van der Waals surface area contributed by atoms with Crippen molar-refractivity contribution in [3.63, 3.8) is 0 Å². The highest BCUT2D eigenvalue weighted by Crippen LogP contribution is 2.19. The van der Waals surface area contributed by atoms with E-state index in [2.05, 4.69) is 20.3 Å². The molecule has 1 N–H and O–H groups in total. The number of pyridine rings is 1. The van der Waals surface area contributed by atoms with E-state index in [4.69, 9.17) is 4.52 Å². The van der Waals surface area contributed by atoms with E-state index in [-0.39, 0.29) is 0 Å². The van der Waals surface area contributed by atoms with E-state index >= 15 is 0 Å². The molecule has 0 fully saturated rings. The molecule has 5 nitrogen and oxygen atoms in total. The fourth-order valence-corrected chi connectivity index (χ4v) is 1.23. The molecule has 3 aromatic rings. The van der Waals surface area contributed by atoms with Gasteiger partial charge in [0.1, 0.15) is 6.26 Å². The van der Waals surface area contributed by atoms with Crippen LogP contribution in [0.15, 0.2) is 23.2 Å². The summed E-state index contributed by atoms with van der Waals surface area (Å²) in [6.45, 7) is 0. The van der Waals surface area contributed by atoms with Crippen molar-refractivity contribution in [2.75, 3.05) is 0 Å². The summed E-state index contributed by atoms with van der Waals surface area (Å²) in [6, 6.07) is 0. The van der Waals surface area contributed by atoms with Crippen LogP contribution in [0.25, 0.3) is 21.9 Å². The predicted octanol–water partition coefficient (Wildman–Crippen LogP) is 1.10. The van der Waals surface area contributed by atoms with Crippen LogP contribution in [0.4, 0.5) is 0 Å². The number of aromatic nitrogens is 4. The van der Waals surface area contributed by atoms with Crippen molar-refractivity contribution in [2.45, 2.75) is 0 Å². The van der Waals surface area contributed by atoms with Crippen molar-refractivity contribution in [3.05, 3.63) is 18.7 Å². The van der Waals surface area contributed by atoms with Crippen molar-refractivity contribution in [2.24, 2.45) is 0 Å². The fourth-order valence-electron chi connectivity index (χ4n) is 1.23. The zero-order valence-electron chi connectivity index (χ0n) is 5.98. The maximum atomic E-state index is 4.92. The lowest BCUT2D eigenvalue weighted by molar-refractivity contribution is 0.428. The highest BCUT2D eigenvalue weighted by atomic mass is 16.5. The van der Waals surface area contributed by atoms with Gasteiger partial charge in [-0.2, -0.15) is 5.10 Å². The third-order valence-corrected chi connectivity index (χ3v) is 1.81. The maximum Gasteiger partial charge on any atom is 0.185 e. The Balaban J connectivity index is 2.71. The fraction of sp³-hybridized carbons (Fsp3) is 0. The third kappa shape index (κ3) is 0.554. The van der Waals surface area contributed by atoms with Gasteiger partial charge in [0.2, 0.25) is 0 Å². The summed E-state index contributed by atoms with van der Waals surface area (Å²) in [7, 11) is 0. The summed E-state index contributed by atoms with van der Waals surface area (Å²) in [4.78, 5) is 4.09. The summed E-state index contributed by atoms with van der Waals surface area (Å²) in [5.74, 6) is 0. The minimum absolute atomic E-state index is 0.639. The Morgan fingerprint density at radius 1 is 1.33 bits per heavy atom. The van der Waals surface area contributed by atoms with Crippen LogP contribution in [0.3, 0.4) is 0 Å². The number of fused-ring (bicyclic) bond motifs is 3. The van der Waals surface area contributed by atoms with Crippen LogP contribution >= 0.6 is 0 Å². The zero-order chi connectivity index (χ0) is 7.97. The lowest BCUT2D eigenvalue weighted by atomic mass is 10.3. The standard InChI is InChI=1S/C7H4N4O/c1-4-3-12-11-6(4)5-2-9-10-7(5)8-1/h1-3,11H. The molecule has 0 aliphatic carbocycles. The molecule has 0 spiro atoms. The second-order valence-corrected chi connectivity index (χ2v) is 2.51. The minimum atomic E-state index is 0.639. The van der Waals surface area contributed by atoms with Crippen molar-refractivity contribution < 1.29 is 4.52 Å². The Bertz CT molecular complexity index is 489. The van der Waals surface area contributed by atoms with Crippen LogP contribution in [-0.2, 0) is 0 Å². The topological polar surface area (TPSA) is 67.6 Å². The first kappa shape index (κ1) is 5.70. The van der Waals surface area contributed by atoms with Crippen LogP contribution < -0.4 is 0 Å². The molecule has 0 amide bonds. The van der Waals surface area contributed by atoms with Crippen LogP contribution in [0.2, 0.25) is 0 Å². The van der Waals surface area contributed by atoms with E-state index in [0.717, 1.165) is 16.3 Å². The number of H-pyrrole nitrogens is 1. The summed E-state index contributed by atoms with van der Waals surface area (Å²) >= 11 is 0. The molecule has 5 heteroatoms. The Labute approximate surface area is 66.4 Å². The van der Waals surface area contributed by atoms with Gasteiger partial charge in [-0.05, 0) is 0 Å². The lowest BCUT2D eigenvalue weighted by Crippen LogP contribution is -1.76. The van der Waals surface area contributed by atoms with Gasteiger partial charge in [0.05, 0.1) is 22.5 Å². The molecule has 0 unspecified atom stereocenters. The van der Waals surface area contributed by atoms with Crippen LogP contribution in [0.1, 0.15) is 0 Å². The summed E-state index contributed by atoms with van der Waals surface area (Å²) in [5.41, 5.74) is 1.53. The second kappa shape index (κ2) is 1.82. The summed E-state index contributed by atoms with van der Waals surface area (Å²) < 4.78 is 4.92. The van der Waals surface area contributed by atoms with Gasteiger partial charge in [0.25, 0.3) is 0 Å². The third-order valence-electron chi connectivity index (χ3n) is 1.81. The Morgan fingerprint density at radius 3 is 3.33 bits per heavy atom. The highest BCUT2D eigenvalue weighted by Gasteiger charge is 2.05. The molecule has 0 saturated carbocycles. The van der Waals surface area contributed by atoms with E-state index in [1.807, 2.05) is 0 Å². The average molecular weight is 160 g/mol. The predicted molar refractivity (Wildman–Crippen MR) is 41.5 cm³/mol. The van der Waals surface area contributed by atoms with Gasteiger partial charge in [-0.3, -0.25) is 0 Å². The number of nitrogens with one attached hydrogen (secondary N) is 1. The average Bonchev–Trinajstić information content (AvgIpc) is 2.71. The summed E-state index contributed by atoms with van der Waals surface area (Å²) in [5, 5.41) is 12.2. The van der Waals surface area contributed by atoms with Crippen molar-refractivity contribution >= 4 is 21.9 Å². The van der Waals surface area contributed by atoms with Crippen molar-refractivity contribution in [1.29, 1.82) is 0 Å². The first-order valence-electron chi connectivity index (χ1n) is 3.47. The van der Waals surface area contributed by atoms with Gasteiger partial charge in [0.15, 0.2) is 5.65 Å². The van der Waals surface area contributed by atoms with E-state index in [1.54, 1.807) is 18.7 Å². The minimum Gasteiger partial charge on any atom is -0.389 e. The van der Waals surface area contributed by atoms with Gasteiger partial charge in [-0.25, -0.2) is 10.1 Å². The molecule has 0 saturated heterocycles. The second-order valence-electron chi connectivity index (χ2n) is 2.51. The van der Waals surface area contributed by atoms with Gasteiger partial charge in [-0.15, -0.1) is 5.10 Å². The van der Waals surface area contributed by atoms with Crippen LogP contribution in [-0.4, -0.2) is 20.3 Å². The van der Waals surface area contributed by atoms with Gasteiger partial charge >= 0.3 is 0 Å². The van der Waals surface area contributed by atoms with Gasteiger partial charge in [0, 0.05) is 6.20 Å². The van der Waals surface area contributed by atoms with Crippen molar-refractivity contribution in [1.82, 2.24) is 20.3 Å². The monoisotopic (exact) mass is 160 g/mol. The number of nitrogens with zero attached hydrogens (tertiary/aromatic N) is 3. The van der Waals surface area contributed by atoms with Crippen molar-refractivity contribution in [3.8, 4) is 0 Å². The number of hydrogen-bond acceptors (Lipinski definition) is 4. The molecule has 3 rings (SSSR count). The first-order valence-corrected chi connectivity index (χ1v) is 3.47. The zero-order valence-corrected chi connectivity index (χ0v) is 5.98. The number of hydrogen-bond donors (Lipinski definition) is 1. The SMILES string of the molecule is c1nc2nncc2c2[nH]occ12. The summed E-state index contributed by atoms with van der Waals surface area (Å²) in [6.07, 6.45) is 4.97. The Kier molecular flexibility index (Phi) is 0.864. The van der Waals surface area contributed by atoms with E-state index in [9.17, 15) is 0 Å². The van der Waals surface area contributed by atoms with Gasteiger partial charge < -0.3 is 4.52 Å². The molecular weight excluding hydrogens is 156 g/mol.